The molecule has 1 aliphatic rings. The van der Waals surface area contributed by atoms with E-state index in [0.29, 0.717) is 0 Å². The standard InChI is InChI=1S/C14H26N4/c1-3-18-14(5-9-16-18)12-17-10-6-13(7-11-17)4-8-15-2/h5,9,13,15H,3-4,6-8,10-12H2,1-2H3. The number of aromatic nitrogens is 2. The van der Waals surface area contributed by atoms with Gasteiger partial charge in [-0.15, -0.1) is 0 Å². The molecule has 2 rings (SSSR count). The molecule has 4 heteroatoms. The minimum absolute atomic E-state index is 0.921. The van der Waals surface area contributed by atoms with Crippen LogP contribution in [0.15, 0.2) is 12.3 Å². The highest BCUT2D eigenvalue weighted by atomic mass is 15.3. The van der Waals surface area contributed by atoms with Crippen molar-refractivity contribution >= 4 is 0 Å². The lowest BCUT2D eigenvalue weighted by Crippen LogP contribution is -2.34. The van der Waals surface area contributed by atoms with Gasteiger partial charge in [-0.2, -0.15) is 5.10 Å². The molecule has 0 spiro atoms. The summed E-state index contributed by atoms with van der Waals surface area (Å²) in [5, 5.41) is 7.59. The Hall–Kier alpha value is -0.870. The van der Waals surface area contributed by atoms with Gasteiger partial charge in [-0.3, -0.25) is 9.58 Å². The lowest BCUT2D eigenvalue weighted by Gasteiger charge is -2.31. The molecule has 0 aromatic carbocycles. The van der Waals surface area contributed by atoms with Gasteiger partial charge >= 0.3 is 0 Å². The summed E-state index contributed by atoms with van der Waals surface area (Å²) in [4.78, 5) is 2.57. The number of rotatable bonds is 6. The minimum atomic E-state index is 0.921. The molecular formula is C14H26N4. The number of nitrogens with one attached hydrogen (secondary N) is 1. The van der Waals surface area contributed by atoms with Crippen LogP contribution in [0.3, 0.4) is 0 Å². The third kappa shape index (κ3) is 3.56. The molecule has 0 radical (unpaired) electrons. The zero-order valence-corrected chi connectivity index (χ0v) is 11.7. The number of likely N-dealkylation sites (tertiary alicyclic amines) is 1. The Bertz CT molecular complexity index is 339. The van der Waals surface area contributed by atoms with Crippen LogP contribution in [-0.4, -0.2) is 41.4 Å². The number of hydrogen-bond acceptors (Lipinski definition) is 3. The molecule has 0 saturated carbocycles. The van der Waals surface area contributed by atoms with Gasteiger partial charge in [0.2, 0.25) is 0 Å². The molecular weight excluding hydrogens is 224 g/mol. The molecule has 1 saturated heterocycles. The topological polar surface area (TPSA) is 33.1 Å². The van der Waals surface area contributed by atoms with Crippen LogP contribution >= 0.6 is 0 Å². The first-order chi connectivity index (χ1) is 8.83. The molecule has 0 bridgehead atoms. The van der Waals surface area contributed by atoms with Crippen molar-refractivity contribution in [1.29, 1.82) is 0 Å². The van der Waals surface area contributed by atoms with Crippen LogP contribution in [0.1, 0.15) is 31.9 Å². The van der Waals surface area contributed by atoms with Crippen LogP contribution in [0.25, 0.3) is 0 Å². The van der Waals surface area contributed by atoms with E-state index in [1.165, 1.54) is 38.0 Å². The van der Waals surface area contributed by atoms with E-state index in [2.05, 4.69) is 33.0 Å². The van der Waals surface area contributed by atoms with Crippen molar-refractivity contribution in [3.05, 3.63) is 18.0 Å². The van der Waals surface area contributed by atoms with Crippen LogP contribution in [0.4, 0.5) is 0 Å². The van der Waals surface area contributed by atoms with E-state index in [4.69, 9.17) is 0 Å². The molecule has 1 aromatic rings. The third-order valence-corrected chi connectivity index (χ3v) is 4.00. The van der Waals surface area contributed by atoms with Gasteiger partial charge in [0.05, 0.1) is 5.69 Å². The third-order valence-electron chi connectivity index (χ3n) is 4.00. The molecule has 4 nitrogen and oxygen atoms in total. The second-order valence-corrected chi connectivity index (χ2v) is 5.25. The maximum absolute atomic E-state index is 4.34. The van der Waals surface area contributed by atoms with Crippen LogP contribution in [0.2, 0.25) is 0 Å². The second kappa shape index (κ2) is 6.90. The molecule has 102 valence electrons. The Labute approximate surface area is 110 Å². The zero-order chi connectivity index (χ0) is 12.8. The van der Waals surface area contributed by atoms with Crippen molar-refractivity contribution in [2.75, 3.05) is 26.7 Å². The van der Waals surface area contributed by atoms with E-state index in [1.807, 2.05) is 13.2 Å². The van der Waals surface area contributed by atoms with Crippen molar-refractivity contribution in [2.24, 2.45) is 5.92 Å². The van der Waals surface area contributed by atoms with Crippen molar-refractivity contribution in [3.8, 4) is 0 Å². The number of aryl methyl sites for hydroxylation is 1. The average Bonchev–Trinajstić information content (AvgIpc) is 2.85. The maximum atomic E-state index is 4.34. The number of hydrogen-bond donors (Lipinski definition) is 1. The average molecular weight is 250 g/mol. The predicted molar refractivity (Wildman–Crippen MR) is 74.4 cm³/mol. The fourth-order valence-corrected chi connectivity index (χ4v) is 2.79. The lowest BCUT2D eigenvalue weighted by molar-refractivity contribution is 0.168. The molecule has 2 heterocycles. The molecule has 0 unspecified atom stereocenters. The van der Waals surface area contributed by atoms with Crippen LogP contribution < -0.4 is 5.32 Å². The molecule has 18 heavy (non-hydrogen) atoms. The highest BCUT2D eigenvalue weighted by Crippen LogP contribution is 2.21. The Kier molecular flexibility index (Phi) is 5.20. The molecule has 1 fully saturated rings. The Morgan fingerprint density at radius 3 is 2.83 bits per heavy atom. The molecule has 0 atom stereocenters. The van der Waals surface area contributed by atoms with Gasteiger partial charge < -0.3 is 5.32 Å². The van der Waals surface area contributed by atoms with Gasteiger partial charge in [-0.1, -0.05) is 0 Å². The highest BCUT2D eigenvalue weighted by Gasteiger charge is 2.19. The van der Waals surface area contributed by atoms with Gasteiger partial charge in [0.15, 0.2) is 0 Å². The van der Waals surface area contributed by atoms with E-state index in [0.717, 1.165) is 25.6 Å². The van der Waals surface area contributed by atoms with Gasteiger partial charge in [-0.25, -0.2) is 0 Å². The fourth-order valence-electron chi connectivity index (χ4n) is 2.79. The number of piperidine rings is 1. The van der Waals surface area contributed by atoms with Crippen LogP contribution in [0.5, 0.6) is 0 Å². The van der Waals surface area contributed by atoms with E-state index in [9.17, 15) is 0 Å². The van der Waals surface area contributed by atoms with Crippen LogP contribution in [0, 0.1) is 5.92 Å². The predicted octanol–water partition coefficient (Wildman–Crippen LogP) is 1.72. The monoisotopic (exact) mass is 250 g/mol. The van der Waals surface area contributed by atoms with Gasteiger partial charge in [-0.05, 0) is 64.9 Å². The first-order valence-electron chi connectivity index (χ1n) is 7.21. The first-order valence-corrected chi connectivity index (χ1v) is 7.21. The van der Waals surface area contributed by atoms with E-state index >= 15 is 0 Å². The van der Waals surface area contributed by atoms with E-state index in [1.54, 1.807) is 0 Å². The van der Waals surface area contributed by atoms with Crippen molar-refractivity contribution in [2.45, 2.75) is 39.3 Å². The Morgan fingerprint density at radius 1 is 1.39 bits per heavy atom. The Morgan fingerprint density at radius 2 is 2.17 bits per heavy atom. The van der Waals surface area contributed by atoms with Gasteiger partial charge in [0.1, 0.15) is 0 Å². The van der Waals surface area contributed by atoms with Crippen molar-refractivity contribution in [3.63, 3.8) is 0 Å². The smallest absolute Gasteiger partial charge is 0.0524 e. The molecule has 1 aromatic heterocycles. The van der Waals surface area contributed by atoms with Gasteiger partial charge in [0.25, 0.3) is 0 Å². The molecule has 0 amide bonds. The SMILES string of the molecule is CCn1nccc1CN1CCC(CCNC)CC1. The summed E-state index contributed by atoms with van der Waals surface area (Å²) in [7, 11) is 2.04. The summed E-state index contributed by atoms with van der Waals surface area (Å²) in [6, 6.07) is 2.15. The molecule has 0 aliphatic carbocycles. The van der Waals surface area contributed by atoms with Crippen molar-refractivity contribution < 1.29 is 0 Å². The maximum Gasteiger partial charge on any atom is 0.0524 e. The van der Waals surface area contributed by atoms with Crippen LogP contribution in [-0.2, 0) is 13.1 Å². The van der Waals surface area contributed by atoms with E-state index in [-0.39, 0.29) is 0 Å². The van der Waals surface area contributed by atoms with Crippen molar-refractivity contribution in [1.82, 2.24) is 20.0 Å². The summed E-state index contributed by atoms with van der Waals surface area (Å²) in [5.41, 5.74) is 1.35. The number of nitrogens with zero attached hydrogens (tertiary/aromatic N) is 3. The summed E-state index contributed by atoms with van der Waals surface area (Å²) >= 11 is 0. The molecule has 1 N–H and O–H groups in total. The summed E-state index contributed by atoms with van der Waals surface area (Å²) in [6.07, 6.45) is 5.94. The summed E-state index contributed by atoms with van der Waals surface area (Å²) in [5.74, 6) is 0.921. The lowest BCUT2D eigenvalue weighted by atomic mass is 9.93. The zero-order valence-electron chi connectivity index (χ0n) is 11.7. The summed E-state index contributed by atoms with van der Waals surface area (Å²) < 4.78 is 2.10. The molecule has 1 aliphatic heterocycles. The van der Waals surface area contributed by atoms with Gasteiger partial charge in [0, 0.05) is 19.3 Å². The fraction of sp³-hybridized carbons (Fsp3) is 0.786. The normalized spacial score (nSPS) is 18.3. The Balaban J connectivity index is 1.76. The first kappa shape index (κ1) is 13.6. The minimum Gasteiger partial charge on any atom is -0.320 e. The van der Waals surface area contributed by atoms with E-state index < -0.39 is 0 Å². The quantitative estimate of drug-likeness (QED) is 0.834. The second-order valence-electron chi connectivity index (χ2n) is 5.25. The highest BCUT2D eigenvalue weighted by molar-refractivity contribution is 5.00. The summed E-state index contributed by atoms with van der Waals surface area (Å²) in [6.45, 7) is 7.83. The largest absolute Gasteiger partial charge is 0.320 e.